The molecule has 6 heteroatoms. The van der Waals surface area contributed by atoms with Crippen molar-refractivity contribution in [3.8, 4) is 0 Å². The van der Waals surface area contributed by atoms with Crippen LogP contribution in [-0.2, 0) is 11.8 Å². The second-order valence-electron chi connectivity index (χ2n) is 5.82. The summed E-state index contributed by atoms with van der Waals surface area (Å²) in [6.45, 7) is 3.11. The molecule has 116 valence electrons. The van der Waals surface area contributed by atoms with Gasteiger partial charge in [-0.05, 0) is 31.0 Å². The predicted molar refractivity (Wildman–Crippen MR) is 81.9 cm³/mol. The van der Waals surface area contributed by atoms with Crippen molar-refractivity contribution in [2.75, 3.05) is 13.1 Å². The molecule has 0 aliphatic carbocycles. The number of aromatic carboxylic acids is 1. The molecule has 1 aromatic carbocycles. The van der Waals surface area contributed by atoms with Crippen molar-refractivity contribution in [1.82, 2.24) is 14.5 Å². The highest BCUT2D eigenvalue weighted by Gasteiger charge is 2.25. The van der Waals surface area contributed by atoms with Crippen molar-refractivity contribution >= 4 is 22.9 Å². The minimum atomic E-state index is -0.941. The number of fused-ring (bicyclic) bond motifs is 1. The van der Waals surface area contributed by atoms with Crippen molar-refractivity contribution in [2.45, 2.75) is 25.7 Å². The van der Waals surface area contributed by atoms with Crippen molar-refractivity contribution < 1.29 is 14.7 Å². The summed E-state index contributed by atoms with van der Waals surface area (Å²) in [5, 5.41) is 9.08. The number of carboxylic acid groups (broad SMARTS) is 1. The largest absolute Gasteiger partial charge is 0.478 e. The van der Waals surface area contributed by atoms with Gasteiger partial charge in [0, 0.05) is 33.0 Å². The molecule has 0 bridgehead atoms. The third-order valence-corrected chi connectivity index (χ3v) is 4.47. The number of piperidine rings is 1. The van der Waals surface area contributed by atoms with Gasteiger partial charge in [0.1, 0.15) is 5.82 Å². The summed E-state index contributed by atoms with van der Waals surface area (Å²) in [7, 11) is 1.96. The summed E-state index contributed by atoms with van der Waals surface area (Å²) in [6, 6.07) is 5.03. The second-order valence-corrected chi connectivity index (χ2v) is 5.82. The fraction of sp³-hybridized carbons (Fsp3) is 0.438. The molecule has 3 rings (SSSR count). The summed E-state index contributed by atoms with van der Waals surface area (Å²) < 4.78 is 2.04. The number of likely N-dealkylation sites (tertiary alicyclic amines) is 1. The number of aryl methyl sites for hydroxylation is 1. The molecule has 1 aromatic heterocycles. The zero-order valence-corrected chi connectivity index (χ0v) is 12.7. The lowest BCUT2D eigenvalue weighted by atomic mass is 9.96. The van der Waals surface area contributed by atoms with E-state index in [0.717, 1.165) is 37.3 Å². The number of carbonyl (C=O) groups excluding carboxylic acids is 1. The van der Waals surface area contributed by atoms with Crippen LogP contribution in [0.2, 0.25) is 0 Å². The first-order valence-corrected chi connectivity index (χ1v) is 7.42. The number of carbonyl (C=O) groups is 2. The van der Waals surface area contributed by atoms with Gasteiger partial charge in [-0.1, -0.05) is 0 Å². The molecule has 1 aliphatic heterocycles. The SMILES string of the molecule is CC(=O)N1CCC(c2nc3cc(C(=O)O)ccc3n2C)CC1. The number of hydrogen-bond acceptors (Lipinski definition) is 3. The molecule has 22 heavy (non-hydrogen) atoms. The van der Waals surface area contributed by atoms with Crippen LogP contribution in [0.25, 0.3) is 11.0 Å². The molecule has 1 aliphatic rings. The Morgan fingerprint density at radius 1 is 1.27 bits per heavy atom. The fourth-order valence-electron chi connectivity index (χ4n) is 3.17. The van der Waals surface area contributed by atoms with Gasteiger partial charge in [-0.2, -0.15) is 0 Å². The minimum Gasteiger partial charge on any atom is -0.478 e. The smallest absolute Gasteiger partial charge is 0.335 e. The lowest BCUT2D eigenvalue weighted by Crippen LogP contribution is -2.36. The number of imidazole rings is 1. The van der Waals surface area contributed by atoms with Gasteiger partial charge in [-0.15, -0.1) is 0 Å². The van der Waals surface area contributed by atoms with Crippen molar-refractivity contribution in [3.05, 3.63) is 29.6 Å². The van der Waals surface area contributed by atoms with E-state index < -0.39 is 5.97 Å². The highest BCUT2D eigenvalue weighted by molar-refractivity contribution is 5.92. The maximum atomic E-state index is 11.4. The summed E-state index contributed by atoms with van der Waals surface area (Å²) in [6.07, 6.45) is 1.78. The van der Waals surface area contributed by atoms with Gasteiger partial charge in [0.2, 0.25) is 5.91 Å². The number of carboxylic acids is 1. The molecule has 1 amide bonds. The van der Waals surface area contributed by atoms with E-state index in [1.165, 1.54) is 0 Å². The first-order chi connectivity index (χ1) is 10.5. The van der Waals surface area contributed by atoms with Gasteiger partial charge in [0.15, 0.2) is 0 Å². The number of hydrogen-bond donors (Lipinski definition) is 1. The highest BCUT2D eigenvalue weighted by atomic mass is 16.4. The molecule has 2 heterocycles. The highest BCUT2D eigenvalue weighted by Crippen LogP contribution is 2.29. The molecule has 0 unspecified atom stereocenters. The van der Waals surface area contributed by atoms with E-state index in [1.807, 2.05) is 16.5 Å². The van der Waals surface area contributed by atoms with E-state index in [1.54, 1.807) is 25.1 Å². The van der Waals surface area contributed by atoms with Gasteiger partial charge in [0.05, 0.1) is 16.6 Å². The normalized spacial score (nSPS) is 16.2. The Morgan fingerprint density at radius 2 is 1.95 bits per heavy atom. The Kier molecular flexibility index (Phi) is 3.60. The average molecular weight is 301 g/mol. The van der Waals surface area contributed by atoms with Gasteiger partial charge >= 0.3 is 5.97 Å². The maximum absolute atomic E-state index is 11.4. The number of nitrogens with zero attached hydrogens (tertiary/aromatic N) is 3. The van der Waals surface area contributed by atoms with E-state index in [-0.39, 0.29) is 11.5 Å². The summed E-state index contributed by atoms with van der Waals surface area (Å²) >= 11 is 0. The third-order valence-electron chi connectivity index (χ3n) is 4.47. The van der Waals surface area contributed by atoms with E-state index in [9.17, 15) is 9.59 Å². The van der Waals surface area contributed by atoms with Gasteiger partial charge in [-0.3, -0.25) is 4.79 Å². The molecule has 1 N–H and O–H groups in total. The molecule has 0 radical (unpaired) electrons. The first-order valence-electron chi connectivity index (χ1n) is 7.42. The van der Waals surface area contributed by atoms with Crippen molar-refractivity contribution in [1.29, 1.82) is 0 Å². The topological polar surface area (TPSA) is 75.4 Å². The molecule has 0 spiro atoms. The Bertz CT molecular complexity index is 742. The lowest BCUT2D eigenvalue weighted by Gasteiger charge is -2.30. The predicted octanol–water partition coefficient (Wildman–Crippen LogP) is 2.00. The molecule has 1 saturated heterocycles. The summed E-state index contributed by atoms with van der Waals surface area (Å²) in [5.74, 6) is 0.459. The Hall–Kier alpha value is -2.37. The lowest BCUT2D eigenvalue weighted by molar-refractivity contribution is -0.129. The standard InChI is InChI=1S/C16H19N3O3/c1-10(20)19-7-5-11(6-8-19)15-17-13-9-12(16(21)22)3-4-14(13)18(15)2/h3-4,9,11H,5-8H2,1-2H3,(H,21,22). The molecular formula is C16H19N3O3. The van der Waals surface area contributed by atoms with E-state index in [4.69, 9.17) is 5.11 Å². The van der Waals surface area contributed by atoms with Crippen molar-refractivity contribution in [2.24, 2.45) is 7.05 Å². The van der Waals surface area contributed by atoms with E-state index >= 15 is 0 Å². The maximum Gasteiger partial charge on any atom is 0.335 e. The molecular weight excluding hydrogens is 282 g/mol. The Labute approximate surface area is 128 Å². The van der Waals surface area contributed by atoms with Crippen molar-refractivity contribution in [3.63, 3.8) is 0 Å². The quantitative estimate of drug-likeness (QED) is 0.920. The van der Waals surface area contributed by atoms with Gasteiger partial charge in [-0.25, -0.2) is 9.78 Å². The summed E-state index contributed by atoms with van der Waals surface area (Å²) in [4.78, 5) is 29.0. The molecule has 0 saturated carbocycles. The Balaban J connectivity index is 1.90. The van der Waals surface area contributed by atoms with Crippen LogP contribution in [0.1, 0.15) is 41.9 Å². The van der Waals surface area contributed by atoms with Crippen LogP contribution in [0, 0.1) is 0 Å². The van der Waals surface area contributed by atoms with Crippen LogP contribution >= 0.6 is 0 Å². The van der Waals surface area contributed by atoms with Crippen LogP contribution in [0.15, 0.2) is 18.2 Å². The van der Waals surface area contributed by atoms with Crippen LogP contribution in [-0.4, -0.2) is 44.5 Å². The molecule has 1 fully saturated rings. The number of amides is 1. The monoisotopic (exact) mass is 301 g/mol. The van der Waals surface area contributed by atoms with Crippen LogP contribution in [0.3, 0.4) is 0 Å². The van der Waals surface area contributed by atoms with E-state index in [2.05, 4.69) is 4.98 Å². The fourth-order valence-corrected chi connectivity index (χ4v) is 3.17. The minimum absolute atomic E-state index is 0.120. The zero-order chi connectivity index (χ0) is 15.9. The van der Waals surface area contributed by atoms with E-state index in [0.29, 0.717) is 11.4 Å². The van der Waals surface area contributed by atoms with Crippen LogP contribution in [0.4, 0.5) is 0 Å². The van der Waals surface area contributed by atoms with Gasteiger partial charge < -0.3 is 14.6 Å². The summed E-state index contributed by atoms with van der Waals surface area (Å²) in [5.41, 5.74) is 1.91. The third kappa shape index (κ3) is 2.45. The number of aromatic nitrogens is 2. The van der Waals surface area contributed by atoms with Crippen LogP contribution in [0.5, 0.6) is 0 Å². The molecule has 0 atom stereocenters. The molecule has 6 nitrogen and oxygen atoms in total. The average Bonchev–Trinajstić information content (AvgIpc) is 2.84. The number of rotatable bonds is 2. The zero-order valence-electron chi connectivity index (χ0n) is 12.7. The second kappa shape index (κ2) is 5.44. The van der Waals surface area contributed by atoms with Gasteiger partial charge in [0.25, 0.3) is 0 Å². The van der Waals surface area contributed by atoms with Crippen LogP contribution < -0.4 is 0 Å². The Morgan fingerprint density at radius 3 is 2.55 bits per heavy atom. The number of benzene rings is 1. The first kappa shape index (κ1) is 14.6. The molecule has 2 aromatic rings.